The summed E-state index contributed by atoms with van der Waals surface area (Å²) in [5, 5.41) is 9.52. The summed E-state index contributed by atoms with van der Waals surface area (Å²) >= 11 is 7.64. The van der Waals surface area contributed by atoms with Crippen molar-refractivity contribution in [2.24, 2.45) is 0 Å². The highest BCUT2D eigenvalue weighted by atomic mass is 35.5. The number of aryl methyl sites for hydroxylation is 1. The number of hydrogen-bond donors (Lipinski definition) is 0. The quantitative estimate of drug-likeness (QED) is 0.712. The van der Waals surface area contributed by atoms with Crippen LogP contribution in [0.2, 0.25) is 5.02 Å². The van der Waals surface area contributed by atoms with Crippen molar-refractivity contribution < 1.29 is 4.79 Å². The van der Waals surface area contributed by atoms with Gasteiger partial charge in [0.2, 0.25) is 5.91 Å². The Kier molecular flexibility index (Phi) is 7.17. The zero-order chi connectivity index (χ0) is 17.4. The van der Waals surface area contributed by atoms with Crippen LogP contribution in [0.25, 0.3) is 0 Å². The first-order valence-corrected chi connectivity index (χ1v) is 9.20. The van der Waals surface area contributed by atoms with E-state index in [0.717, 1.165) is 17.0 Å². The molecular weight excluding hydrogens is 340 g/mol. The van der Waals surface area contributed by atoms with E-state index in [9.17, 15) is 4.79 Å². The molecule has 2 aromatic rings. The number of carbonyl (C=O) groups is 1. The van der Waals surface area contributed by atoms with Gasteiger partial charge in [-0.05, 0) is 36.2 Å². The van der Waals surface area contributed by atoms with E-state index in [0.29, 0.717) is 23.7 Å². The first-order chi connectivity index (χ1) is 11.6. The smallest absolute Gasteiger partial charge is 0.237 e. The van der Waals surface area contributed by atoms with Crippen LogP contribution >= 0.6 is 23.4 Å². The van der Waals surface area contributed by atoms with E-state index in [4.69, 9.17) is 16.9 Å². The van der Waals surface area contributed by atoms with Gasteiger partial charge in [-0.2, -0.15) is 5.26 Å². The maximum atomic E-state index is 12.6. The minimum absolute atomic E-state index is 0.00732. The summed E-state index contributed by atoms with van der Waals surface area (Å²) in [6.07, 6.45) is 0.302. The van der Waals surface area contributed by atoms with Crippen molar-refractivity contribution in [1.29, 1.82) is 5.26 Å². The molecule has 0 atom stereocenters. The topological polar surface area (TPSA) is 44.1 Å². The lowest BCUT2D eigenvalue weighted by molar-refractivity contribution is -0.116. The average Bonchev–Trinajstić information content (AvgIpc) is 2.59. The van der Waals surface area contributed by atoms with Gasteiger partial charge in [-0.3, -0.25) is 4.79 Å². The van der Waals surface area contributed by atoms with Crippen molar-refractivity contribution in [3.8, 4) is 6.07 Å². The van der Waals surface area contributed by atoms with Crippen LogP contribution in [0, 0.1) is 18.3 Å². The van der Waals surface area contributed by atoms with E-state index >= 15 is 0 Å². The molecule has 124 valence electrons. The van der Waals surface area contributed by atoms with E-state index in [1.807, 2.05) is 49.4 Å². The number of halogens is 1. The number of benzene rings is 2. The Morgan fingerprint density at radius 1 is 1.25 bits per heavy atom. The monoisotopic (exact) mass is 358 g/mol. The van der Waals surface area contributed by atoms with Crippen molar-refractivity contribution in [3.05, 3.63) is 64.7 Å². The summed E-state index contributed by atoms with van der Waals surface area (Å²) in [6.45, 7) is 2.30. The van der Waals surface area contributed by atoms with Gasteiger partial charge in [0.25, 0.3) is 0 Å². The Morgan fingerprint density at radius 3 is 2.67 bits per heavy atom. The fraction of sp³-hybridized carbons (Fsp3) is 0.263. The molecule has 0 saturated carbocycles. The van der Waals surface area contributed by atoms with Crippen molar-refractivity contribution >= 4 is 35.0 Å². The lowest BCUT2D eigenvalue weighted by Crippen LogP contribution is -2.33. The zero-order valence-corrected chi connectivity index (χ0v) is 15.1. The molecule has 0 aliphatic rings. The van der Waals surface area contributed by atoms with Crippen LogP contribution in [0.15, 0.2) is 48.5 Å². The number of nitrogens with zero attached hydrogens (tertiary/aromatic N) is 2. The summed E-state index contributed by atoms with van der Waals surface area (Å²) in [7, 11) is 0. The average molecular weight is 359 g/mol. The Bertz CT molecular complexity index is 728. The fourth-order valence-electron chi connectivity index (χ4n) is 2.26. The molecule has 1 amide bonds. The Hall–Kier alpha value is -1.96. The summed E-state index contributed by atoms with van der Waals surface area (Å²) in [6, 6.07) is 17.7. The second kappa shape index (κ2) is 9.36. The third-order valence-electron chi connectivity index (χ3n) is 3.54. The van der Waals surface area contributed by atoms with Crippen molar-refractivity contribution in [3.63, 3.8) is 0 Å². The minimum Gasteiger partial charge on any atom is -0.311 e. The van der Waals surface area contributed by atoms with Crippen molar-refractivity contribution in [2.75, 3.05) is 17.2 Å². The van der Waals surface area contributed by atoms with Gasteiger partial charge in [-0.1, -0.05) is 41.9 Å². The first-order valence-electron chi connectivity index (χ1n) is 7.67. The van der Waals surface area contributed by atoms with E-state index in [2.05, 4.69) is 6.07 Å². The molecule has 0 radical (unpaired) electrons. The molecule has 0 N–H and O–H groups in total. The standard InChI is InChI=1S/C19H19ClN2OS/c1-15-12-17(8-9-18(15)20)22(11-5-10-21)19(23)14-24-13-16-6-3-2-4-7-16/h2-4,6-9,12H,5,11,13-14H2,1H3. The van der Waals surface area contributed by atoms with Gasteiger partial charge in [0.15, 0.2) is 0 Å². The molecule has 0 heterocycles. The van der Waals surface area contributed by atoms with Gasteiger partial charge in [0, 0.05) is 23.0 Å². The van der Waals surface area contributed by atoms with Gasteiger partial charge in [-0.25, -0.2) is 0 Å². The van der Waals surface area contributed by atoms with Gasteiger partial charge in [0.1, 0.15) is 0 Å². The molecule has 0 aromatic heterocycles. The number of amides is 1. The maximum Gasteiger partial charge on any atom is 0.237 e. The number of rotatable bonds is 7. The van der Waals surface area contributed by atoms with Crippen LogP contribution in [0.1, 0.15) is 17.5 Å². The zero-order valence-electron chi connectivity index (χ0n) is 13.5. The number of nitriles is 1. The van der Waals surface area contributed by atoms with Crippen LogP contribution in [0.4, 0.5) is 5.69 Å². The molecule has 0 fully saturated rings. The Labute approximate surface area is 152 Å². The molecule has 2 rings (SSSR count). The Morgan fingerprint density at radius 2 is 2.00 bits per heavy atom. The normalized spacial score (nSPS) is 10.2. The van der Waals surface area contributed by atoms with Crippen LogP contribution in [-0.4, -0.2) is 18.2 Å². The van der Waals surface area contributed by atoms with Gasteiger partial charge in [0.05, 0.1) is 18.2 Å². The van der Waals surface area contributed by atoms with Crippen LogP contribution in [0.5, 0.6) is 0 Å². The summed E-state index contributed by atoms with van der Waals surface area (Å²) < 4.78 is 0. The molecular formula is C19H19ClN2OS. The lowest BCUT2D eigenvalue weighted by atomic mass is 10.2. The van der Waals surface area contributed by atoms with E-state index in [1.165, 1.54) is 5.56 Å². The van der Waals surface area contributed by atoms with Crippen LogP contribution in [0.3, 0.4) is 0 Å². The number of hydrogen-bond acceptors (Lipinski definition) is 3. The largest absolute Gasteiger partial charge is 0.311 e. The first kappa shape index (κ1) is 18.4. The maximum absolute atomic E-state index is 12.6. The van der Waals surface area contributed by atoms with E-state index in [-0.39, 0.29) is 5.91 Å². The third kappa shape index (κ3) is 5.30. The molecule has 24 heavy (non-hydrogen) atoms. The van der Waals surface area contributed by atoms with Gasteiger partial charge >= 0.3 is 0 Å². The molecule has 0 saturated heterocycles. The SMILES string of the molecule is Cc1cc(N(CCC#N)C(=O)CSCc2ccccc2)ccc1Cl. The van der Waals surface area contributed by atoms with Crippen LogP contribution < -0.4 is 4.90 Å². The van der Waals surface area contributed by atoms with E-state index in [1.54, 1.807) is 22.7 Å². The molecule has 2 aromatic carbocycles. The molecule has 0 unspecified atom stereocenters. The third-order valence-corrected chi connectivity index (χ3v) is 4.95. The molecule has 0 spiro atoms. The highest BCUT2D eigenvalue weighted by molar-refractivity contribution is 7.99. The van der Waals surface area contributed by atoms with E-state index < -0.39 is 0 Å². The number of carbonyl (C=O) groups excluding carboxylic acids is 1. The van der Waals surface area contributed by atoms with Crippen molar-refractivity contribution in [1.82, 2.24) is 0 Å². The molecule has 3 nitrogen and oxygen atoms in total. The minimum atomic E-state index is 0.00732. The number of thioether (sulfide) groups is 1. The predicted octanol–water partition coefficient (Wildman–Crippen LogP) is 4.83. The number of anilines is 1. The Balaban J connectivity index is 2.02. The van der Waals surface area contributed by atoms with Gasteiger partial charge in [-0.15, -0.1) is 11.8 Å². The second-order valence-electron chi connectivity index (χ2n) is 5.37. The lowest BCUT2D eigenvalue weighted by Gasteiger charge is -2.22. The summed E-state index contributed by atoms with van der Waals surface area (Å²) in [5.41, 5.74) is 2.90. The highest BCUT2D eigenvalue weighted by Gasteiger charge is 2.16. The fourth-order valence-corrected chi connectivity index (χ4v) is 3.24. The second-order valence-corrected chi connectivity index (χ2v) is 6.76. The molecule has 0 aliphatic heterocycles. The molecule has 0 bridgehead atoms. The summed E-state index contributed by atoms with van der Waals surface area (Å²) in [5.74, 6) is 1.17. The molecule has 0 aliphatic carbocycles. The van der Waals surface area contributed by atoms with Gasteiger partial charge < -0.3 is 4.90 Å². The summed E-state index contributed by atoms with van der Waals surface area (Å²) in [4.78, 5) is 14.3. The van der Waals surface area contributed by atoms with Crippen LogP contribution in [-0.2, 0) is 10.5 Å². The highest BCUT2D eigenvalue weighted by Crippen LogP contribution is 2.24. The van der Waals surface area contributed by atoms with Crippen molar-refractivity contribution in [2.45, 2.75) is 19.1 Å². The predicted molar refractivity (Wildman–Crippen MR) is 101 cm³/mol. The molecule has 5 heteroatoms.